The maximum atomic E-state index is 5.51. The van der Waals surface area contributed by atoms with Crippen LogP contribution in [0.4, 0.5) is 0 Å². The standard InChI is InChI=1S/C15H33N3/c1-2-3-4-7-10-17-12-14-18(15-13-17)11-8-5-6-9-16/h2-16H2,1H3. The van der Waals surface area contributed by atoms with Gasteiger partial charge in [0.15, 0.2) is 0 Å². The topological polar surface area (TPSA) is 32.5 Å². The van der Waals surface area contributed by atoms with Crippen molar-refractivity contribution in [2.45, 2.75) is 51.9 Å². The van der Waals surface area contributed by atoms with E-state index in [-0.39, 0.29) is 0 Å². The lowest BCUT2D eigenvalue weighted by atomic mass is 10.2. The third-order valence-electron chi connectivity index (χ3n) is 3.97. The van der Waals surface area contributed by atoms with E-state index in [1.54, 1.807) is 0 Å². The van der Waals surface area contributed by atoms with Crippen molar-refractivity contribution in [1.82, 2.24) is 9.80 Å². The third-order valence-corrected chi connectivity index (χ3v) is 3.97. The minimum atomic E-state index is 0.853. The summed E-state index contributed by atoms with van der Waals surface area (Å²) in [6.45, 7) is 10.8. The highest BCUT2D eigenvalue weighted by Gasteiger charge is 2.15. The van der Waals surface area contributed by atoms with Crippen LogP contribution in [0.5, 0.6) is 0 Å². The van der Waals surface area contributed by atoms with Crippen molar-refractivity contribution >= 4 is 0 Å². The van der Waals surface area contributed by atoms with Gasteiger partial charge in [0.05, 0.1) is 0 Å². The average molecular weight is 255 g/mol. The molecule has 0 amide bonds. The Morgan fingerprint density at radius 3 is 1.67 bits per heavy atom. The Morgan fingerprint density at radius 2 is 1.22 bits per heavy atom. The molecule has 108 valence electrons. The molecule has 1 aliphatic rings. The molecule has 0 radical (unpaired) electrons. The van der Waals surface area contributed by atoms with Gasteiger partial charge in [-0.2, -0.15) is 0 Å². The zero-order chi connectivity index (χ0) is 13.1. The SMILES string of the molecule is CCCCCCN1CCN(CCCCCN)CC1. The van der Waals surface area contributed by atoms with Crippen LogP contribution >= 0.6 is 0 Å². The van der Waals surface area contributed by atoms with Crippen molar-refractivity contribution < 1.29 is 0 Å². The lowest BCUT2D eigenvalue weighted by Gasteiger charge is -2.34. The molecule has 0 bridgehead atoms. The number of hydrogen-bond acceptors (Lipinski definition) is 3. The van der Waals surface area contributed by atoms with Crippen LogP contribution in [0.1, 0.15) is 51.9 Å². The molecule has 0 spiro atoms. The summed E-state index contributed by atoms with van der Waals surface area (Å²) >= 11 is 0. The van der Waals surface area contributed by atoms with E-state index in [4.69, 9.17) is 5.73 Å². The smallest absolute Gasteiger partial charge is 0.0110 e. The summed E-state index contributed by atoms with van der Waals surface area (Å²) in [7, 11) is 0. The van der Waals surface area contributed by atoms with Crippen molar-refractivity contribution in [3.05, 3.63) is 0 Å². The van der Waals surface area contributed by atoms with Gasteiger partial charge in [0.1, 0.15) is 0 Å². The molecule has 0 aromatic carbocycles. The molecule has 1 fully saturated rings. The first-order chi connectivity index (χ1) is 8.86. The van der Waals surface area contributed by atoms with E-state index in [0.717, 1.165) is 6.54 Å². The van der Waals surface area contributed by atoms with Crippen LogP contribution in [0.15, 0.2) is 0 Å². The molecular formula is C15H33N3. The largest absolute Gasteiger partial charge is 0.330 e. The van der Waals surface area contributed by atoms with Crippen molar-refractivity contribution in [1.29, 1.82) is 0 Å². The zero-order valence-corrected chi connectivity index (χ0v) is 12.4. The first-order valence-corrected chi connectivity index (χ1v) is 8.01. The van der Waals surface area contributed by atoms with Gasteiger partial charge in [0, 0.05) is 26.2 Å². The molecule has 0 aromatic rings. The van der Waals surface area contributed by atoms with Crippen molar-refractivity contribution in [3.63, 3.8) is 0 Å². The minimum absolute atomic E-state index is 0.853. The molecule has 3 heteroatoms. The predicted octanol–water partition coefficient (Wildman–Crippen LogP) is 2.31. The molecule has 1 aliphatic heterocycles. The van der Waals surface area contributed by atoms with Gasteiger partial charge in [0.2, 0.25) is 0 Å². The number of hydrogen-bond donors (Lipinski definition) is 1. The summed E-state index contributed by atoms with van der Waals surface area (Å²) in [5, 5.41) is 0. The first kappa shape index (κ1) is 15.9. The molecule has 1 rings (SSSR count). The Balaban J connectivity index is 1.95. The average Bonchev–Trinajstić information content (AvgIpc) is 2.41. The third kappa shape index (κ3) is 7.34. The summed E-state index contributed by atoms with van der Waals surface area (Å²) in [5.74, 6) is 0. The maximum Gasteiger partial charge on any atom is 0.0110 e. The van der Waals surface area contributed by atoms with Gasteiger partial charge in [-0.3, -0.25) is 0 Å². The van der Waals surface area contributed by atoms with Crippen LogP contribution in [0, 0.1) is 0 Å². The van der Waals surface area contributed by atoms with Crippen LogP contribution < -0.4 is 5.73 Å². The van der Waals surface area contributed by atoms with Crippen molar-refractivity contribution in [2.75, 3.05) is 45.8 Å². The second-order valence-corrected chi connectivity index (χ2v) is 5.59. The summed E-state index contributed by atoms with van der Waals surface area (Å²) in [6, 6.07) is 0. The Bertz CT molecular complexity index is 157. The van der Waals surface area contributed by atoms with E-state index in [0.29, 0.717) is 0 Å². The summed E-state index contributed by atoms with van der Waals surface area (Å²) < 4.78 is 0. The summed E-state index contributed by atoms with van der Waals surface area (Å²) in [4.78, 5) is 5.27. The van der Waals surface area contributed by atoms with Crippen LogP contribution in [-0.2, 0) is 0 Å². The fourth-order valence-electron chi connectivity index (χ4n) is 2.66. The highest BCUT2D eigenvalue weighted by atomic mass is 15.3. The normalized spacial score (nSPS) is 18.3. The Kier molecular flexibility index (Phi) is 9.54. The highest BCUT2D eigenvalue weighted by Crippen LogP contribution is 2.07. The maximum absolute atomic E-state index is 5.51. The quantitative estimate of drug-likeness (QED) is 0.608. The molecular weight excluding hydrogens is 222 g/mol. The first-order valence-electron chi connectivity index (χ1n) is 8.01. The van der Waals surface area contributed by atoms with Gasteiger partial charge in [0.25, 0.3) is 0 Å². The Hall–Kier alpha value is -0.120. The molecule has 1 heterocycles. The molecule has 0 unspecified atom stereocenters. The highest BCUT2D eigenvalue weighted by molar-refractivity contribution is 4.71. The fraction of sp³-hybridized carbons (Fsp3) is 1.00. The second-order valence-electron chi connectivity index (χ2n) is 5.59. The number of rotatable bonds is 10. The molecule has 0 aromatic heterocycles. The van der Waals surface area contributed by atoms with Crippen molar-refractivity contribution in [2.24, 2.45) is 5.73 Å². The van der Waals surface area contributed by atoms with Gasteiger partial charge in [-0.05, 0) is 38.9 Å². The molecule has 3 nitrogen and oxygen atoms in total. The van der Waals surface area contributed by atoms with Gasteiger partial charge < -0.3 is 15.5 Å². The molecule has 2 N–H and O–H groups in total. The van der Waals surface area contributed by atoms with E-state index >= 15 is 0 Å². The van der Waals surface area contributed by atoms with Gasteiger partial charge in [-0.1, -0.05) is 32.6 Å². The van der Waals surface area contributed by atoms with Crippen LogP contribution in [-0.4, -0.2) is 55.6 Å². The summed E-state index contributed by atoms with van der Waals surface area (Å²) in [6.07, 6.45) is 9.37. The molecule has 0 saturated carbocycles. The number of unbranched alkanes of at least 4 members (excludes halogenated alkanes) is 5. The van der Waals surface area contributed by atoms with Crippen LogP contribution in [0.25, 0.3) is 0 Å². The van der Waals surface area contributed by atoms with Crippen molar-refractivity contribution in [3.8, 4) is 0 Å². The lowest BCUT2D eigenvalue weighted by Crippen LogP contribution is -2.46. The summed E-state index contributed by atoms with van der Waals surface area (Å²) in [5.41, 5.74) is 5.51. The molecule has 0 atom stereocenters. The zero-order valence-electron chi connectivity index (χ0n) is 12.4. The Morgan fingerprint density at radius 1 is 0.722 bits per heavy atom. The van der Waals surface area contributed by atoms with E-state index in [2.05, 4.69) is 16.7 Å². The van der Waals surface area contributed by atoms with Gasteiger partial charge in [-0.15, -0.1) is 0 Å². The number of piperazine rings is 1. The monoisotopic (exact) mass is 255 g/mol. The molecule has 18 heavy (non-hydrogen) atoms. The van der Waals surface area contributed by atoms with Crippen LogP contribution in [0.2, 0.25) is 0 Å². The molecule has 1 saturated heterocycles. The predicted molar refractivity (Wildman–Crippen MR) is 79.9 cm³/mol. The van der Waals surface area contributed by atoms with Gasteiger partial charge in [-0.25, -0.2) is 0 Å². The van der Waals surface area contributed by atoms with E-state index < -0.39 is 0 Å². The van der Waals surface area contributed by atoms with Gasteiger partial charge >= 0.3 is 0 Å². The van der Waals surface area contributed by atoms with Crippen LogP contribution in [0.3, 0.4) is 0 Å². The Labute approximate surface area is 114 Å². The molecule has 0 aliphatic carbocycles. The van der Waals surface area contributed by atoms with E-state index in [9.17, 15) is 0 Å². The second kappa shape index (κ2) is 10.8. The number of nitrogens with zero attached hydrogens (tertiary/aromatic N) is 2. The fourth-order valence-corrected chi connectivity index (χ4v) is 2.66. The van der Waals surface area contributed by atoms with E-state index in [1.807, 2.05) is 0 Å². The minimum Gasteiger partial charge on any atom is -0.330 e. The number of nitrogens with two attached hydrogens (primary N) is 1. The lowest BCUT2D eigenvalue weighted by molar-refractivity contribution is 0.129. The van der Waals surface area contributed by atoms with E-state index in [1.165, 1.54) is 84.2 Å².